The van der Waals surface area contributed by atoms with Crippen LogP contribution in [0.4, 0.5) is 5.95 Å². The summed E-state index contributed by atoms with van der Waals surface area (Å²) in [4.78, 5) is 10.8. The van der Waals surface area contributed by atoms with Crippen LogP contribution in [0.15, 0.2) is 18.5 Å². The molecule has 4 nitrogen and oxygen atoms in total. The van der Waals surface area contributed by atoms with Gasteiger partial charge in [-0.25, -0.2) is 9.97 Å². The first-order chi connectivity index (χ1) is 6.90. The van der Waals surface area contributed by atoms with Crippen LogP contribution in [0.2, 0.25) is 0 Å². The number of aromatic nitrogens is 2. The highest BCUT2D eigenvalue weighted by atomic mass is 15.3. The lowest BCUT2D eigenvalue weighted by atomic mass is 10.1. The van der Waals surface area contributed by atoms with Crippen LogP contribution in [0.25, 0.3) is 0 Å². The summed E-state index contributed by atoms with van der Waals surface area (Å²) >= 11 is 0. The number of piperidine rings is 1. The number of hydrogen-bond acceptors (Lipinski definition) is 4. The summed E-state index contributed by atoms with van der Waals surface area (Å²) < 4.78 is 0. The van der Waals surface area contributed by atoms with E-state index in [0.29, 0.717) is 6.04 Å². The molecule has 1 N–H and O–H groups in total. The summed E-state index contributed by atoms with van der Waals surface area (Å²) in [5, 5.41) is 3.31. The van der Waals surface area contributed by atoms with Crippen molar-refractivity contribution < 1.29 is 0 Å². The van der Waals surface area contributed by atoms with E-state index >= 15 is 0 Å². The molecule has 1 aliphatic rings. The van der Waals surface area contributed by atoms with Crippen LogP contribution in [0.3, 0.4) is 0 Å². The minimum atomic E-state index is 0.576. The van der Waals surface area contributed by atoms with Crippen molar-refractivity contribution >= 4 is 5.95 Å². The Morgan fingerprint density at radius 1 is 1.43 bits per heavy atom. The second-order valence-electron chi connectivity index (χ2n) is 3.62. The van der Waals surface area contributed by atoms with Crippen molar-refractivity contribution in [3.05, 3.63) is 18.5 Å². The van der Waals surface area contributed by atoms with E-state index in [1.807, 2.05) is 13.1 Å². The van der Waals surface area contributed by atoms with Gasteiger partial charge in [-0.15, -0.1) is 0 Å². The van der Waals surface area contributed by atoms with Crippen molar-refractivity contribution in [2.75, 3.05) is 25.0 Å². The summed E-state index contributed by atoms with van der Waals surface area (Å²) in [6.07, 6.45) is 6.06. The van der Waals surface area contributed by atoms with Gasteiger partial charge in [-0.1, -0.05) is 0 Å². The quantitative estimate of drug-likeness (QED) is 0.747. The molecular weight excluding hydrogens is 176 g/mol. The fourth-order valence-corrected chi connectivity index (χ4v) is 1.85. The lowest BCUT2D eigenvalue weighted by Gasteiger charge is -2.32. The summed E-state index contributed by atoms with van der Waals surface area (Å²) in [6.45, 7) is 2.09. The van der Waals surface area contributed by atoms with Gasteiger partial charge < -0.3 is 10.2 Å². The van der Waals surface area contributed by atoms with Gasteiger partial charge in [0.2, 0.25) is 5.95 Å². The SMILES string of the molecule is CN[C@H]1CCCN(c2ncccn2)C1. The van der Waals surface area contributed by atoms with E-state index in [1.165, 1.54) is 12.8 Å². The van der Waals surface area contributed by atoms with Crippen LogP contribution in [0.5, 0.6) is 0 Å². The van der Waals surface area contributed by atoms with Crippen LogP contribution in [0, 0.1) is 0 Å². The molecule has 0 spiro atoms. The Morgan fingerprint density at radius 2 is 2.21 bits per heavy atom. The van der Waals surface area contributed by atoms with Crippen molar-refractivity contribution in [3.8, 4) is 0 Å². The molecule has 0 unspecified atom stereocenters. The number of likely N-dealkylation sites (N-methyl/N-ethyl adjacent to an activating group) is 1. The van der Waals surface area contributed by atoms with E-state index in [9.17, 15) is 0 Å². The molecule has 2 rings (SSSR count). The molecule has 0 saturated carbocycles. The minimum Gasteiger partial charge on any atom is -0.339 e. The van der Waals surface area contributed by atoms with Crippen molar-refractivity contribution in [1.29, 1.82) is 0 Å². The van der Waals surface area contributed by atoms with Gasteiger partial charge >= 0.3 is 0 Å². The molecule has 4 heteroatoms. The number of nitrogens with one attached hydrogen (secondary N) is 1. The fourth-order valence-electron chi connectivity index (χ4n) is 1.85. The largest absolute Gasteiger partial charge is 0.339 e. The first-order valence-corrected chi connectivity index (χ1v) is 5.09. The minimum absolute atomic E-state index is 0.576. The van der Waals surface area contributed by atoms with E-state index in [2.05, 4.69) is 20.2 Å². The zero-order chi connectivity index (χ0) is 9.80. The number of nitrogens with zero attached hydrogens (tertiary/aromatic N) is 3. The second kappa shape index (κ2) is 4.37. The van der Waals surface area contributed by atoms with Gasteiger partial charge in [-0.2, -0.15) is 0 Å². The number of hydrogen-bond donors (Lipinski definition) is 1. The summed E-state index contributed by atoms with van der Waals surface area (Å²) in [6, 6.07) is 2.43. The molecular formula is C10H16N4. The van der Waals surface area contributed by atoms with Crippen molar-refractivity contribution in [3.63, 3.8) is 0 Å². The number of anilines is 1. The van der Waals surface area contributed by atoms with Gasteiger partial charge in [-0.05, 0) is 26.0 Å². The average Bonchev–Trinajstić information content (AvgIpc) is 2.30. The van der Waals surface area contributed by atoms with Crippen LogP contribution >= 0.6 is 0 Å². The zero-order valence-electron chi connectivity index (χ0n) is 8.48. The third-order valence-corrected chi connectivity index (χ3v) is 2.66. The third-order valence-electron chi connectivity index (χ3n) is 2.66. The van der Waals surface area contributed by atoms with Crippen molar-refractivity contribution in [1.82, 2.24) is 15.3 Å². The molecule has 1 aromatic heterocycles. The van der Waals surface area contributed by atoms with E-state index in [-0.39, 0.29) is 0 Å². The van der Waals surface area contributed by atoms with Gasteiger partial charge in [0.05, 0.1) is 0 Å². The maximum Gasteiger partial charge on any atom is 0.225 e. The summed E-state index contributed by atoms with van der Waals surface area (Å²) in [5.74, 6) is 0.854. The van der Waals surface area contributed by atoms with Gasteiger partial charge in [0.1, 0.15) is 0 Å². The van der Waals surface area contributed by atoms with E-state index in [4.69, 9.17) is 0 Å². The Hall–Kier alpha value is -1.16. The molecule has 2 heterocycles. The molecule has 1 atom stereocenters. The summed E-state index contributed by atoms with van der Waals surface area (Å²) in [7, 11) is 2.01. The molecule has 76 valence electrons. The highest BCUT2D eigenvalue weighted by Crippen LogP contribution is 2.14. The summed E-state index contributed by atoms with van der Waals surface area (Å²) in [5.41, 5.74) is 0. The van der Waals surface area contributed by atoms with Gasteiger partial charge in [0.25, 0.3) is 0 Å². The lowest BCUT2D eigenvalue weighted by Crippen LogP contribution is -2.45. The maximum atomic E-state index is 4.26. The third kappa shape index (κ3) is 2.01. The molecule has 0 amide bonds. The Balaban J connectivity index is 2.04. The maximum absolute atomic E-state index is 4.26. The Morgan fingerprint density at radius 3 is 2.93 bits per heavy atom. The van der Waals surface area contributed by atoms with E-state index < -0.39 is 0 Å². The van der Waals surface area contributed by atoms with Crippen LogP contribution in [0.1, 0.15) is 12.8 Å². The molecule has 14 heavy (non-hydrogen) atoms. The first-order valence-electron chi connectivity index (χ1n) is 5.09. The van der Waals surface area contributed by atoms with Crippen LogP contribution in [-0.2, 0) is 0 Å². The molecule has 0 aliphatic carbocycles. The Kier molecular flexibility index (Phi) is 2.93. The van der Waals surface area contributed by atoms with Crippen molar-refractivity contribution in [2.45, 2.75) is 18.9 Å². The molecule has 0 aromatic carbocycles. The Bertz CT molecular complexity index is 275. The Labute approximate surface area is 84.4 Å². The zero-order valence-corrected chi connectivity index (χ0v) is 8.48. The lowest BCUT2D eigenvalue weighted by molar-refractivity contribution is 0.445. The topological polar surface area (TPSA) is 41.0 Å². The normalized spacial score (nSPS) is 22.4. The first kappa shape index (κ1) is 9.40. The monoisotopic (exact) mass is 192 g/mol. The second-order valence-corrected chi connectivity index (χ2v) is 3.62. The number of rotatable bonds is 2. The smallest absolute Gasteiger partial charge is 0.225 e. The highest BCUT2D eigenvalue weighted by molar-refractivity contribution is 5.29. The molecule has 1 fully saturated rings. The fraction of sp³-hybridized carbons (Fsp3) is 0.600. The predicted octanol–water partition coefficient (Wildman–Crippen LogP) is 0.665. The highest BCUT2D eigenvalue weighted by Gasteiger charge is 2.19. The van der Waals surface area contributed by atoms with Gasteiger partial charge in [0.15, 0.2) is 0 Å². The molecule has 1 aromatic rings. The standard InChI is InChI=1S/C10H16N4/c1-11-9-4-2-7-14(8-9)10-12-5-3-6-13-10/h3,5-6,9,11H,2,4,7-8H2,1H3/t9-/m0/s1. The molecule has 0 radical (unpaired) electrons. The van der Waals surface area contributed by atoms with E-state index in [1.54, 1.807) is 12.4 Å². The van der Waals surface area contributed by atoms with E-state index in [0.717, 1.165) is 19.0 Å². The predicted molar refractivity (Wildman–Crippen MR) is 56.3 cm³/mol. The molecule has 1 saturated heterocycles. The molecule has 0 bridgehead atoms. The van der Waals surface area contributed by atoms with Gasteiger partial charge in [0, 0.05) is 31.5 Å². The molecule has 1 aliphatic heterocycles. The van der Waals surface area contributed by atoms with Crippen LogP contribution in [-0.4, -0.2) is 36.1 Å². The van der Waals surface area contributed by atoms with Crippen LogP contribution < -0.4 is 10.2 Å². The van der Waals surface area contributed by atoms with Gasteiger partial charge in [-0.3, -0.25) is 0 Å². The van der Waals surface area contributed by atoms with Crippen molar-refractivity contribution in [2.24, 2.45) is 0 Å². The average molecular weight is 192 g/mol.